The van der Waals surface area contributed by atoms with E-state index in [9.17, 15) is 14.0 Å². The highest BCUT2D eigenvalue weighted by atomic mass is 19.1. The molecule has 0 aliphatic carbocycles. The van der Waals surface area contributed by atoms with Crippen LogP contribution in [0, 0.1) is 12.7 Å². The van der Waals surface area contributed by atoms with Gasteiger partial charge < -0.3 is 15.3 Å². The number of halogens is 1. The molecular weight excluding hydrogens is 251 g/mol. The van der Waals surface area contributed by atoms with E-state index in [2.05, 4.69) is 5.32 Å². The van der Waals surface area contributed by atoms with Crippen molar-refractivity contribution in [3.8, 4) is 0 Å². The lowest BCUT2D eigenvalue weighted by molar-refractivity contribution is -0.137. The Morgan fingerprint density at radius 2 is 2.11 bits per heavy atom. The van der Waals surface area contributed by atoms with E-state index in [-0.39, 0.29) is 12.5 Å². The summed E-state index contributed by atoms with van der Waals surface area (Å²) in [7, 11) is 1.56. The van der Waals surface area contributed by atoms with Gasteiger partial charge in [-0.2, -0.15) is 0 Å². The van der Waals surface area contributed by atoms with E-state index in [4.69, 9.17) is 5.11 Å². The minimum absolute atomic E-state index is 0.0105. The molecule has 2 amide bonds. The summed E-state index contributed by atoms with van der Waals surface area (Å²) < 4.78 is 13.1. The van der Waals surface area contributed by atoms with Gasteiger partial charge in [-0.1, -0.05) is 6.07 Å². The molecule has 6 heteroatoms. The van der Waals surface area contributed by atoms with Gasteiger partial charge in [0.2, 0.25) is 0 Å². The summed E-state index contributed by atoms with van der Waals surface area (Å²) in [5.41, 5.74) is 1.17. The summed E-state index contributed by atoms with van der Waals surface area (Å²) in [5, 5.41) is 11.1. The number of hydrogen-bond acceptors (Lipinski definition) is 2. The standard InChI is InChI=1S/C13H17FN2O3/c1-9-5-6-10(14)8-11(9)15-13(19)16(2)7-3-4-12(17)18/h5-6,8H,3-4,7H2,1-2H3,(H,15,19)(H,17,18). The minimum Gasteiger partial charge on any atom is -0.481 e. The van der Waals surface area contributed by atoms with Crippen LogP contribution in [-0.2, 0) is 4.79 Å². The van der Waals surface area contributed by atoms with Gasteiger partial charge in [0.15, 0.2) is 0 Å². The van der Waals surface area contributed by atoms with E-state index in [0.29, 0.717) is 18.7 Å². The molecule has 0 aliphatic rings. The van der Waals surface area contributed by atoms with Gasteiger partial charge in [-0.05, 0) is 31.0 Å². The van der Waals surface area contributed by atoms with E-state index in [1.807, 2.05) is 0 Å². The maximum Gasteiger partial charge on any atom is 0.321 e. The highest BCUT2D eigenvalue weighted by Gasteiger charge is 2.11. The van der Waals surface area contributed by atoms with Crippen LogP contribution < -0.4 is 5.32 Å². The van der Waals surface area contributed by atoms with Gasteiger partial charge in [0.25, 0.3) is 0 Å². The molecule has 0 atom stereocenters. The van der Waals surface area contributed by atoms with Crippen molar-refractivity contribution in [1.82, 2.24) is 4.90 Å². The van der Waals surface area contributed by atoms with Crippen molar-refractivity contribution in [2.24, 2.45) is 0 Å². The number of aliphatic carboxylic acids is 1. The Morgan fingerprint density at radius 3 is 2.74 bits per heavy atom. The van der Waals surface area contributed by atoms with Gasteiger partial charge in [-0.3, -0.25) is 4.79 Å². The molecule has 0 saturated carbocycles. The van der Waals surface area contributed by atoms with Crippen LogP contribution >= 0.6 is 0 Å². The van der Waals surface area contributed by atoms with Gasteiger partial charge >= 0.3 is 12.0 Å². The summed E-state index contributed by atoms with van der Waals surface area (Å²) in [6.07, 6.45) is 0.387. The van der Waals surface area contributed by atoms with Crippen LogP contribution in [0.25, 0.3) is 0 Å². The molecule has 5 nitrogen and oxygen atoms in total. The number of urea groups is 1. The summed E-state index contributed by atoms with van der Waals surface area (Å²) in [4.78, 5) is 23.5. The molecule has 0 radical (unpaired) electrons. The second-order valence-corrected chi connectivity index (χ2v) is 4.31. The van der Waals surface area contributed by atoms with E-state index < -0.39 is 11.8 Å². The van der Waals surface area contributed by atoms with Gasteiger partial charge in [0.1, 0.15) is 5.82 Å². The number of benzene rings is 1. The first kappa shape index (κ1) is 14.9. The molecule has 0 bridgehead atoms. The van der Waals surface area contributed by atoms with Crippen LogP contribution in [0.2, 0.25) is 0 Å². The summed E-state index contributed by atoms with van der Waals surface area (Å²) in [6, 6.07) is 3.76. The van der Waals surface area contributed by atoms with E-state index in [1.54, 1.807) is 20.0 Å². The van der Waals surface area contributed by atoms with Crippen LogP contribution in [-0.4, -0.2) is 35.6 Å². The fraction of sp³-hybridized carbons (Fsp3) is 0.385. The smallest absolute Gasteiger partial charge is 0.321 e. The van der Waals surface area contributed by atoms with Crippen LogP contribution in [0.5, 0.6) is 0 Å². The number of carbonyl (C=O) groups is 2. The lowest BCUT2D eigenvalue weighted by atomic mass is 10.2. The Kier molecular flexibility index (Phi) is 5.29. The fourth-order valence-electron chi connectivity index (χ4n) is 1.51. The molecule has 104 valence electrons. The second kappa shape index (κ2) is 6.72. The van der Waals surface area contributed by atoms with Crippen LogP contribution in [0.1, 0.15) is 18.4 Å². The van der Waals surface area contributed by atoms with Crippen LogP contribution in [0.15, 0.2) is 18.2 Å². The molecule has 0 spiro atoms. The number of aryl methyl sites for hydroxylation is 1. The van der Waals surface area contributed by atoms with E-state index in [1.165, 1.54) is 17.0 Å². The topological polar surface area (TPSA) is 69.6 Å². The van der Waals surface area contributed by atoms with Crippen LogP contribution in [0.4, 0.5) is 14.9 Å². The maximum atomic E-state index is 13.1. The summed E-state index contributed by atoms with van der Waals surface area (Å²) in [5.74, 6) is -1.32. The molecule has 0 aromatic heterocycles. The predicted octanol–water partition coefficient (Wildman–Crippen LogP) is 2.46. The van der Waals surface area contributed by atoms with Crippen molar-refractivity contribution in [3.63, 3.8) is 0 Å². The fourth-order valence-corrected chi connectivity index (χ4v) is 1.51. The van der Waals surface area contributed by atoms with Gasteiger partial charge in [-0.25, -0.2) is 9.18 Å². The predicted molar refractivity (Wildman–Crippen MR) is 69.7 cm³/mol. The number of carbonyl (C=O) groups excluding carboxylic acids is 1. The molecule has 1 aromatic carbocycles. The Morgan fingerprint density at radius 1 is 1.42 bits per heavy atom. The molecule has 1 aromatic rings. The van der Waals surface area contributed by atoms with Gasteiger partial charge in [-0.15, -0.1) is 0 Å². The molecule has 0 heterocycles. The largest absolute Gasteiger partial charge is 0.481 e. The molecule has 0 unspecified atom stereocenters. The first-order valence-electron chi connectivity index (χ1n) is 5.90. The van der Waals surface area contributed by atoms with Gasteiger partial charge in [0.05, 0.1) is 0 Å². The van der Waals surface area contributed by atoms with E-state index in [0.717, 1.165) is 5.56 Å². The Bertz CT molecular complexity index is 477. The zero-order chi connectivity index (χ0) is 14.4. The summed E-state index contributed by atoms with van der Waals surface area (Å²) >= 11 is 0. The number of carboxylic acid groups (broad SMARTS) is 1. The molecular formula is C13H17FN2O3. The monoisotopic (exact) mass is 268 g/mol. The number of anilines is 1. The zero-order valence-electron chi connectivity index (χ0n) is 10.9. The number of carboxylic acids is 1. The number of hydrogen-bond donors (Lipinski definition) is 2. The zero-order valence-corrected chi connectivity index (χ0v) is 10.9. The maximum absolute atomic E-state index is 13.1. The molecule has 0 saturated heterocycles. The second-order valence-electron chi connectivity index (χ2n) is 4.31. The first-order chi connectivity index (χ1) is 8.90. The SMILES string of the molecule is Cc1ccc(F)cc1NC(=O)N(C)CCCC(=O)O. The number of rotatable bonds is 5. The highest BCUT2D eigenvalue weighted by molar-refractivity contribution is 5.89. The quantitative estimate of drug-likeness (QED) is 0.861. The Labute approximate surface area is 111 Å². The normalized spacial score (nSPS) is 10.1. The van der Waals surface area contributed by atoms with E-state index >= 15 is 0 Å². The lowest BCUT2D eigenvalue weighted by Gasteiger charge is -2.18. The number of nitrogens with zero attached hydrogens (tertiary/aromatic N) is 1. The molecule has 2 N–H and O–H groups in total. The van der Waals surface area contributed by atoms with Crippen molar-refractivity contribution >= 4 is 17.7 Å². The lowest BCUT2D eigenvalue weighted by Crippen LogP contribution is -2.32. The third-order valence-corrected chi connectivity index (χ3v) is 2.67. The minimum atomic E-state index is -0.894. The molecule has 0 fully saturated rings. The number of nitrogens with one attached hydrogen (secondary N) is 1. The Balaban J connectivity index is 2.54. The number of amides is 2. The van der Waals surface area contributed by atoms with Crippen LogP contribution in [0.3, 0.4) is 0 Å². The summed E-state index contributed by atoms with van der Waals surface area (Å²) in [6.45, 7) is 2.09. The Hall–Kier alpha value is -2.11. The van der Waals surface area contributed by atoms with Crippen molar-refractivity contribution in [3.05, 3.63) is 29.6 Å². The molecule has 0 aliphatic heterocycles. The first-order valence-corrected chi connectivity index (χ1v) is 5.90. The molecule has 19 heavy (non-hydrogen) atoms. The third kappa shape index (κ3) is 4.95. The average Bonchev–Trinajstić information content (AvgIpc) is 2.33. The molecule has 1 rings (SSSR count). The third-order valence-electron chi connectivity index (χ3n) is 2.67. The van der Waals surface area contributed by atoms with Crippen molar-refractivity contribution in [2.75, 3.05) is 18.9 Å². The van der Waals surface area contributed by atoms with Gasteiger partial charge in [0, 0.05) is 25.7 Å². The van der Waals surface area contributed by atoms with Crippen molar-refractivity contribution in [1.29, 1.82) is 0 Å². The van der Waals surface area contributed by atoms with Crippen molar-refractivity contribution < 1.29 is 19.1 Å². The highest BCUT2D eigenvalue weighted by Crippen LogP contribution is 2.16. The van der Waals surface area contributed by atoms with Crippen molar-refractivity contribution in [2.45, 2.75) is 19.8 Å². The average molecular weight is 268 g/mol.